The molecular formula is C17H15BrN4O2. The van der Waals surface area contributed by atoms with E-state index in [1.165, 1.54) is 0 Å². The zero-order valence-corrected chi connectivity index (χ0v) is 14.5. The van der Waals surface area contributed by atoms with Crippen LogP contribution in [0.25, 0.3) is 5.82 Å². The van der Waals surface area contributed by atoms with E-state index in [1.807, 2.05) is 24.4 Å². The van der Waals surface area contributed by atoms with Gasteiger partial charge in [-0.15, -0.1) is 0 Å². The normalized spacial score (nSPS) is 10.4. The fourth-order valence-corrected chi connectivity index (χ4v) is 2.67. The topological polar surface area (TPSA) is 69.0 Å². The Hall–Kier alpha value is -2.67. The third-order valence-electron chi connectivity index (χ3n) is 3.45. The molecule has 0 saturated heterocycles. The summed E-state index contributed by atoms with van der Waals surface area (Å²) < 4.78 is 7.55. The van der Waals surface area contributed by atoms with Gasteiger partial charge in [0.1, 0.15) is 5.75 Å². The van der Waals surface area contributed by atoms with E-state index in [4.69, 9.17) is 4.74 Å². The molecule has 0 unspecified atom stereocenters. The van der Waals surface area contributed by atoms with Gasteiger partial charge in [-0.05, 0) is 46.3 Å². The van der Waals surface area contributed by atoms with E-state index in [0.29, 0.717) is 28.1 Å². The zero-order chi connectivity index (χ0) is 16.9. The van der Waals surface area contributed by atoms with Gasteiger partial charge in [-0.2, -0.15) is 5.10 Å². The summed E-state index contributed by atoms with van der Waals surface area (Å²) in [4.78, 5) is 16.8. The molecule has 3 aromatic rings. The van der Waals surface area contributed by atoms with Crippen LogP contribution in [-0.4, -0.2) is 27.8 Å². The Bertz CT molecular complexity index is 850. The van der Waals surface area contributed by atoms with Crippen LogP contribution in [-0.2, 0) is 6.54 Å². The van der Waals surface area contributed by atoms with E-state index in [9.17, 15) is 4.79 Å². The summed E-state index contributed by atoms with van der Waals surface area (Å²) in [5, 5.41) is 7.09. The maximum atomic E-state index is 12.5. The van der Waals surface area contributed by atoms with E-state index in [2.05, 4.69) is 31.3 Å². The van der Waals surface area contributed by atoms with Gasteiger partial charge in [-0.1, -0.05) is 6.07 Å². The number of carbonyl (C=O) groups excluding carboxylic acids is 1. The van der Waals surface area contributed by atoms with Crippen molar-refractivity contribution in [1.82, 2.24) is 20.1 Å². The molecule has 0 radical (unpaired) electrons. The van der Waals surface area contributed by atoms with Crippen molar-refractivity contribution in [2.75, 3.05) is 7.11 Å². The van der Waals surface area contributed by atoms with Gasteiger partial charge in [0.2, 0.25) is 0 Å². The number of nitrogens with one attached hydrogen (secondary N) is 1. The molecule has 0 spiro atoms. The maximum absolute atomic E-state index is 12.5. The predicted molar refractivity (Wildman–Crippen MR) is 93.2 cm³/mol. The molecule has 1 aromatic carbocycles. The Labute approximate surface area is 147 Å². The number of aromatic nitrogens is 3. The quantitative estimate of drug-likeness (QED) is 0.731. The standard InChI is InChI=1S/C17H15BrN4O2/c1-24-13-5-6-15(18)14(10-13)17(23)20-11-12-4-2-7-19-16(12)22-9-3-8-21-22/h2-10H,11H2,1H3,(H,20,23). The van der Waals surface area contributed by atoms with Gasteiger partial charge in [0.25, 0.3) is 5.91 Å². The van der Waals surface area contributed by atoms with Gasteiger partial charge in [0, 0.05) is 35.2 Å². The summed E-state index contributed by atoms with van der Waals surface area (Å²) in [6, 6.07) is 10.8. The fraction of sp³-hybridized carbons (Fsp3) is 0.118. The number of methoxy groups -OCH3 is 1. The molecule has 0 aliphatic rings. The molecule has 0 saturated carbocycles. The minimum absolute atomic E-state index is 0.198. The van der Waals surface area contributed by atoms with Crippen molar-refractivity contribution in [2.45, 2.75) is 6.54 Å². The highest BCUT2D eigenvalue weighted by Crippen LogP contribution is 2.22. The molecule has 3 rings (SSSR count). The summed E-state index contributed by atoms with van der Waals surface area (Å²) in [5.41, 5.74) is 1.38. The first-order valence-corrected chi connectivity index (χ1v) is 8.04. The highest BCUT2D eigenvalue weighted by atomic mass is 79.9. The lowest BCUT2D eigenvalue weighted by molar-refractivity contribution is 0.0949. The molecular weight excluding hydrogens is 372 g/mol. The van der Waals surface area contributed by atoms with E-state index in [1.54, 1.807) is 42.4 Å². The van der Waals surface area contributed by atoms with E-state index in [0.717, 1.165) is 5.56 Å². The summed E-state index contributed by atoms with van der Waals surface area (Å²) >= 11 is 3.39. The number of ether oxygens (including phenoxy) is 1. The van der Waals surface area contributed by atoms with Crippen LogP contribution in [0.5, 0.6) is 5.75 Å². The molecule has 1 N–H and O–H groups in total. The first-order chi connectivity index (χ1) is 11.7. The summed E-state index contributed by atoms with van der Waals surface area (Å²) in [5.74, 6) is 1.12. The van der Waals surface area contributed by atoms with Crippen molar-refractivity contribution >= 4 is 21.8 Å². The fourth-order valence-electron chi connectivity index (χ4n) is 2.24. The number of hydrogen-bond donors (Lipinski definition) is 1. The average molecular weight is 387 g/mol. The molecule has 0 aliphatic carbocycles. The molecule has 2 heterocycles. The van der Waals surface area contributed by atoms with Crippen molar-refractivity contribution < 1.29 is 9.53 Å². The highest BCUT2D eigenvalue weighted by Gasteiger charge is 2.13. The summed E-state index contributed by atoms with van der Waals surface area (Å²) in [6.45, 7) is 0.339. The zero-order valence-electron chi connectivity index (χ0n) is 12.9. The number of amides is 1. The monoisotopic (exact) mass is 386 g/mol. The smallest absolute Gasteiger partial charge is 0.252 e. The van der Waals surface area contributed by atoms with Gasteiger partial charge < -0.3 is 10.1 Å². The Morgan fingerprint density at radius 2 is 2.17 bits per heavy atom. The molecule has 24 heavy (non-hydrogen) atoms. The third-order valence-corrected chi connectivity index (χ3v) is 4.14. The summed E-state index contributed by atoms with van der Waals surface area (Å²) in [6.07, 6.45) is 5.19. The Kier molecular flexibility index (Phi) is 4.90. The molecule has 0 fully saturated rings. The predicted octanol–water partition coefficient (Wildman–Crippen LogP) is 2.97. The number of halogens is 1. The van der Waals surface area contributed by atoms with Crippen LogP contribution in [0.15, 0.2) is 59.5 Å². The largest absolute Gasteiger partial charge is 0.497 e. The highest BCUT2D eigenvalue weighted by molar-refractivity contribution is 9.10. The van der Waals surface area contributed by atoms with Crippen molar-refractivity contribution in [3.63, 3.8) is 0 Å². The minimum Gasteiger partial charge on any atom is -0.497 e. The van der Waals surface area contributed by atoms with Crippen LogP contribution in [0.3, 0.4) is 0 Å². The molecule has 2 aromatic heterocycles. The molecule has 0 bridgehead atoms. The molecule has 0 aliphatic heterocycles. The van der Waals surface area contributed by atoms with Gasteiger partial charge >= 0.3 is 0 Å². The number of rotatable bonds is 5. The van der Waals surface area contributed by atoms with Crippen LogP contribution in [0.4, 0.5) is 0 Å². The van der Waals surface area contributed by atoms with E-state index >= 15 is 0 Å². The molecule has 1 amide bonds. The Balaban J connectivity index is 1.78. The molecule has 7 heteroatoms. The number of pyridine rings is 1. The van der Waals surface area contributed by atoms with E-state index < -0.39 is 0 Å². The van der Waals surface area contributed by atoms with Crippen LogP contribution in [0.1, 0.15) is 15.9 Å². The van der Waals surface area contributed by atoms with Gasteiger partial charge in [-0.3, -0.25) is 4.79 Å². The van der Waals surface area contributed by atoms with Crippen LogP contribution in [0, 0.1) is 0 Å². The Morgan fingerprint density at radius 3 is 2.92 bits per heavy atom. The number of nitrogens with zero attached hydrogens (tertiary/aromatic N) is 3. The van der Waals surface area contributed by atoms with Gasteiger partial charge in [0.15, 0.2) is 5.82 Å². The number of hydrogen-bond acceptors (Lipinski definition) is 4. The van der Waals surface area contributed by atoms with Crippen molar-refractivity contribution in [1.29, 1.82) is 0 Å². The van der Waals surface area contributed by atoms with E-state index in [-0.39, 0.29) is 5.91 Å². The first-order valence-electron chi connectivity index (χ1n) is 7.24. The molecule has 0 atom stereocenters. The minimum atomic E-state index is -0.198. The van der Waals surface area contributed by atoms with Crippen LogP contribution in [0.2, 0.25) is 0 Å². The second-order valence-corrected chi connectivity index (χ2v) is 5.82. The molecule has 6 nitrogen and oxygen atoms in total. The van der Waals surface area contributed by atoms with Crippen molar-refractivity contribution in [3.05, 3.63) is 70.6 Å². The lowest BCUT2D eigenvalue weighted by atomic mass is 10.2. The average Bonchev–Trinajstić information content (AvgIpc) is 3.15. The number of benzene rings is 1. The van der Waals surface area contributed by atoms with Gasteiger partial charge in [0.05, 0.1) is 12.7 Å². The van der Waals surface area contributed by atoms with Crippen molar-refractivity contribution in [3.8, 4) is 11.6 Å². The Morgan fingerprint density at radius 1 is 1.29 bits per heavy atom. The maximum Gasteiger partial charge on any atom is 0.252 e. The first kappa shape index (κ1) is 16.2. The SMILES string of the molecule is COc1ccc(Br)c(C(=O)NCc2cccnc2-n2cccn2)c1. The van der Waals surface area contributed by atoms with Gasteiger partial charge in [-0.25, -0.2) is 9.67 Å². The third kappa shape index (κ3) is 3.46. The second kappa shape index (κ2) is 7.27. The molecule has 122 valence electrons. The van der Waals surface area contributed by atoms with Crippen LogP contribution < -0.4 is 10.1 Å². The second-order valence-electron chi connectivity index (χ2n) is 4.97. The number of carbonyl (C=O) groups is 1. The lowest BCUT2D eigenvalue weighted by Gasteiger charge is -2.11. The van der Waals surface area contributed by atoms with Crippen molar-refractivity contribution in [2.24, 2.45) is 0 Å². The van der Waals surface area contributed by atoms with Crippen LogP contribution >= 0.6 is 15.9 Å². The lowest BCUT2D eigenvalue weighted by Crippen LogP contribution is -2.24. The summed E-state index contributed by atoms with van der Waals surface area (Å²) in [7, 11) is 1.57.